The van der Waals surface area contributed by atoms with Crippen LogP contribution in [0, 0.1) is 11.3 Å². The largest absolute Gasteiger partial charge is 0.368 e. The molecule has 1 rings (SSSR count). The molecule has 0 aliphatic carbocycles. The fraction of sp³-hybridized carbons (Fsp3) is 0.923. The summed E-state index contributed by atoms with van der Waals surface area (Å²) in [5.41, 5.74) is -0.163. The molecule has 3 heteroatoms. The van der Waals surface area contributed by atoms with E-state index >= 15 is 0 Å². The quantitative estimate of drug-likeness (QED) is 0.736. The molecule has 0 aromatic carbocycles. The molecule has 1 aliphatic rings. The van der Waals surface area contributed by atoms with E-state index in [1.54, 1.807) is 0 Å². The minimum Gasteiger partial charge on any atom is -0.368 e. The molecule has 1 saturated heterocycles. The van der Waals surface area contributed by atoms with E-state index in [0.29, 0.717) is 12.5 Å². The summed E-state index contributed by atoms with van der Waals surface area (Å²) in [5.74, 6) is 0. The van der Waals surface area contributed by atoms with Crippen molar-refractivity contribution in [2.75, 3.05) is 13.1 Å². The molecule has 1 heterocycles. The van der Waals surface area contributed by atoms with E-state index in [1.807, 2.05) is 0 Å². The standard InChI is InChI=1S/C13H24N2O/c1-6-15(9-7-8-14)11-10-12(2,3)16-13(11,4)5/h11H,6-7,9-10H2,1-5H3. The second kappa shape index (κ2) is 4.73. The van der Waals surface area contributed by atoms with Gasteiger partial charge >= 0.3 is 0 Å². The first-order valence-electron chi connectivity index (χ1n) is 6.13. The van der Waals surface area contributed by atoms with Crippen LogP contribution in [0.2, 0.25) is 0 Å². The van der Waals surface area contributed by atoms with Gasteiger partial charge < -0.3 is 4.74 Å². The number of likely N-dealkylation sites (N-methyl/N-ethyl adjacent to an activating group) is 1. The van der Waals surface area contributed by atoms with Crippen LogP contribution in [0.4, 0.5) is 0 Å². The zero-order chi connectivity index (χ0) is 12.4. The number of hydrogen-bond donors (Lipinski definition) is 0. The lowest BCUT2D eigenvalue weighted by Gasteiger charge is -2.35. The van der Waals surface area contributed by atoms with E-state index in [-0.39, 0.29) is 11.2 Å². The Morgan fingerprint density at radius 2 is 2.00 bits per heavy atom. The number of rotatable bonds is 4. The Labute approximate surface area is 99.4 Å². The van der Waals surface area contributed by atoms with Crippen LogP contribution in [0.3, 0.4) is 0 Å². The Bertz CT molecular complexity index is 278. The Hall–Kier alpha value is -0.590. The molecule has 3 nitrogen and oxygen atoms in total. The maximum Gasteiger partial charge on any atom is 0.0789 e. The lowest BCUT2D eigenvalue weighted by molar-refractivity contribution is -0.0800. The van der Waals surface area contributed by atoms with E-state index < -0.39 is 0 Å². The smallest absolute Gasteiger partial charge is 0.0789 e. The van der Waals surface area contributed by atoms with Gasteiger partial charge in [-0.25, -0.2) is 0 Å². The molecule has 0 bridgehead atoms. The van der Waals surface area contributed by atoms with Crippen molar-refractivity contribution in [1.29, 1.82) is 5.26 Å². The van der Waals surface area contributed by atoms with Gasteiger partial charge in [0.25, 0.3) is 0 Å². The third kappa shape index (κ3) is 2.96. The topological polar surface area (TPSA) is 36.3 Å². The Morgan fingerprint density at radius 3 is 2.38 bits per heavy atom. The molecule has 1 fully saturated rings. The van der Waals surface area contributed by atoms with Crippen molar-refractivity contribution in [2.24, 2.45) is 0 Å². The van der Waals surface area contributed by atoms with Crippen molar-refractivity contribution < 1.29 is 4.74 Å². The number of hydrogen-bond acceptors (Lipinski definition) is 3. The van der Waals surface area contributed by atoms with Gasteiger partial charge in [0.05, 0.1) is 17.3 Å². The fourth-order valence-electron chi connectivity index (χ4n) is 2.83. The van der Waals surface area contributed by atoms with Crippen LogP contribution < -0.4 is 0 Å². The molecule has 0 spiro atoms. The van der Waals surface area contributed by atoms with Gasteiger partial charge in [-0.05, 0) is 40.7 Å². The fourth-order valence-corrected chi connectivity index (χ4v) is 2.83. The van der Waals surface area contributed by atoms with E-state index in [0.717, 1.165) is 19.5 Å². The maximum absolute atomic E-state index is 8.68. The molecule has 0 aromatic rings. The summed E-state index contributed by atoms with van der Waals surface area (Å²) in [6.07, 6.45) is 1.64. The van der Waals surface area contributed by atoms with Gasteiger partial charge in [0.15, 0.2) is 0 Å². The van der Waals surface area contributed by atoms with E-state index in [1.165, 1.54) is 0 Å². The van der Waals surface area contributed by atoms with Crippen molar-refractivity contribution in [2.45, 2.75) is 64.7 Å². The first-order valence-corrected chi connectivity index (χ1v) is 6.13. The third-order valence-electron chi connectivity index (χ3n) is 3.38. The summed E-state index contributed by atoms with van der Waals surface area (Å²) in [7, 11) is 0. The van der Waals surface area contributed by atoms with Crippen LogP contribution >= 0.6 is 0 Å². The van der Waals surface area contributed by atoms with Gasteiger partial charge in [0.2, 0.25) is 0 Å². The van der Waals surface area contributed by atoms with Crippen molar-refractivity contribution in [3.8, 4) is 6.07 Å². The third-order valence-corrected chi connectivity index (χ3v) is 3.38. The van der Waals surface area contributed by atoms with Crippen LogP contribution in [-0.2, 0) is 4.74 Å². The molecule has 0 amide bonds. The molecule has 0 saturated carbocycles. The highest BCUT2D eigenvalue weighted by Crippen LogP contribution is 2.40. The summed E-state index contributed by atoms with van der Waals surface area (Å²) < 4.78 is 6.09. The summed E-state index contributed by atoms with van der Waals surface area (Å²) in [5, 5.41) is 8.68. The van der Waals surface area contributed by atoms with Gasteiger partial charge in [-0.1, -0.05) is 6.92 Å². The summed E-state index contributed by atoms with van der Waals surface area (Å²) in [4.78, 5) is 2.37. The van der Waals surface area contributed by atoms with E-state index in [2.05, 4.69) is 45.6 Å². The molecular formula is C13H24N2O. The average molecular weight is 224 g/mol. The van der Waals surface area contributed by atoms with Crippen molar-refractivity contribution >= 4 is 0 Å². The average Bonchev–Trinajstić information content (AvgIpc) is 2.36. The lowest BCUT2D eigenvalue weighted by Crippen LogP contribution is -2.46. The van der Waals surface area contributed by atoms with E-state index in [4.69, 9.17) is 10.00 Å². The second-order valence-electron chi connectivity index (χ2n) is 5.72. The lowest BCUT2D eigenvalue weighted by atomic mass is 9.93. The number of nitriles is 1. The molecule has 1 aliphatic heterocycles. The Kier molecular flexibility index (Phi) is 3.98. The number of nitrogens with zero attached hydrogens (tertiary/aromatic N) is 2. The van der Waals surface area contributed by atoms with Crippen LogP contribution in [0.15, 0.2) is 0 Å². The summed E-state index contributed by atoms with van der Waals surface area (Å²) in [6.45, 7) is 12.6. The molecule has 0 N–H and O–H groups in total. The van der Waals surface area contributed by atoms with E-state index in [9.17, 15) is 0 Å². The SMILES string of the molecule is CCN(CCC#N)C1CC(C)(C)OC1(C)C. The van der Waals surface area contributed by atoms with Gasteiger partial charge in [-0.3, -0.25) is 4.90 Å². The Morgan fingerprint density at radius 1 is 1.38 bits per heavy atom. The number of ether oxygens (including phenoxy) is 1. The van der Waals surface area contributed by atoms with Gasteiger partial charge in [-0.15, -0.1) is 0 Å². The highest BCUT2D eigenvalue weighted by molar-refractivity contribution is 5.00. The predicted octanol–water partition coefficient (Wildman–Crippen LogP) is 2.57. The van der Waals surface area contributed by atoms with Gasteiger partial charge in [-0.2, -0.15) is 5.26 Å². The predicted molar refractivity (Wildman–Crippen MR) is 65.1 cm³/mol. The minimum absolute atomic E-state index is 0.0474. The van der Waals surface area contributed by atoms with Crippen LogP contribution in [0.5, 0.6) is 0 Å². The molecule has 1 unspecified atom stereocenters. The summed E-state index contributed by atoms with van der Waals surface area (Å²) >= 11 is 0. The molecule has 0 aromatic heterocycles. The van der Waals surface area contributed by atoms with Gasteiger partial charge in [0, 0.05) is 19.0 Å². The molecule has 92 valence electrons. The summed E-state index contributed by atoms with van der Waals surface area (Å²) in [6, 6.07) is 2.64. The van der Waals surface area contributed by atoms with Gasteiger partial charge in [0.1, 0.15) is 0 Å². The second-order valence-corrected chi connectivity index (χ2v) is 5.72. The zero-order valence-corrected chi connectivity index (χ0v) is 11.2. The van der Waals surface area contributed by atoms with Crippen molar-refractivity contribution in [3.05, 3.63) is 0 Å². The maximum atomic E-state index is 8.68. The monoisotopic (exact) mass is 224 g/mol. The van der Waals surface area contributed by atoms with Crippen molar-refractivity contribution in [3.63, 3.8) is 0 Å². The molecule has 16 heavy (non-hydrogen) atoms. The minimum atomic E-state index is -0.116. The normalized spacial score (nSPS) is 26.9. The zero-order valence-electron chi connectivity index (χ0n) is 11.2. The molecule has 0 radical (unpaired) electrons. The van der Waals surface area contributed by atoms with Crippen molar-refractivity contribution in [1.82, 2.24) is 4.90 Å². The molecular weight excluding hydrogens is 200 g/mol. The first-order chi connectivity index (χ1) is 7.32. The van der Waals surface area contributed by atoms with Crippen LogP contribution in [-0.4, -0.2) is 35.2 Å². The van der Waals surface area contributed by atoms with Crippen LogP contribution in [0.25, 0.3) is 0 Å². The van der Waals surface area contributed by atoms with Crippen LogP contribution in [0.1, 0.15) is 47.5 Å². The highest BCUT2D eigenvalue weighted by Gasteiger charge is 2.47. The molecule has 1 atom stereocenters. The Balaban J connectivity index is 2.74. The highest BCUT2D eigenvalue weighted by atomic mass is 16.5. The first kappa shape index (κ1) is 13.5.